The summed E-state index contributed by atoms with van der Waals surface area (Å²) in [6.07, 6.45) is 16.6. The quantitative estimate of drug-likeness (QED) is 0.153. The third-order valence-electron chi connectivity index (χ3n) is 4.85. The molecule has 0 spiro atoms. The Kier molecular flexibility index (Phi) is 17.5. The summed E-state index contributed by atoms with van der Waals surface area (Å²) in [6.45, 7) is 11.8. The molecule has 0 aliphatic heterocycles. The van der Waals surface area contributed by atoms with E-state index in [1.165, 1.54) is 25.7 Å². The van der Waals surface area contributed by atoms with Crippen molar-refractivity contribution >= 4 is 11.9 Å². The molecule has 1 aliphatic carbocycles. The minimum atomic E-state index is -0.107. The Bertz CT molecular complexity index is 833. The molecular formula is C27H43N3O2. The molecule has 1 aromatic heterocycles. The van der Waals surface area contributed by atoms with Crippen molar-refractivity contribution in [3.63, 3.8) is 0 Å². The van der Waals surface area contributed by atoms with Gasteiger partial charge in [0, 0.05) is 12.1 Å². The van der Waals surface area contributed by atoms with Gasteiger partial charge in [-0.25, -0.2) is 4.98 Å². The summed E-state index contributed by atoms with van der Waals surface area (Å²) in [4.78, 5) is 23.5. The van der Waals surface area contributed by atoms with E-state index in [0.717, 1.165) is 43.0 Å². The SMILES string of the molecule is CC.CC#C/C=C\C(=C/CCCC)OC.CCC=Nc1c(C)nc(C2CCCC2)[nH]c1=O. The van der Waals surface area contributed by atoms with Crippen molar-refractivity contribution in [3.8, 4) is 11.8 Å². The van der Waals surface area contributed by atoms with Crippen LogP contribution in [0.4, 0.5) is 5.69 Å². The lowest BCUT2D eigenvalue weighted by Gasteiger charge is -2.09. The fourth-order valence-corrected chi connectivity index (χ4v) is 3.20. The third kappa shape index (κ3) is 11.7. The number of hydrogen-bond donors (Lipinski definition) is 1. The number of aliphatic imine (C=N–C) groups is 1. The van der Waals surface area contributed by atoms with E-state index in [-0.39, 0.29) is 5.56 Å². The van der Waals surface area contributed by atoms with Gasteiger partial charge in [-0.15, -0.1) is 5.92 Å². The van der Waals surface area contributed by atoms with Crippen LogP contribution in [0.15, 0.2) is 33.8 Å². The van der Waals surface area contributed by atoms with Crippen LogP contribution in [0.2, 0.25) is 0 Å². The zero-order valence-electron chi connectivity index (χ0n) is 21.3. The number of nitrogens with zero attached hydrogens (tertiary/aromatic N) is 2. The molecule has 0 bridgehead atoms. The molecule has 0 unspecified atom stereocenters. The second kappa shape index (κ2) is 19.1. The maximum absolute atomic E-state index is 11.9. The van der Waals surface area contributed by atoms with Gasteiger partial charge in [0.1, 0.15) is 17.3 Å². The van der Waals surface area contributed by atoms with Crippen LogP contribution in [0, 0.1) is 18.8 Å². The number of rotatable bonds is 8. The van der Waals surface area contributed by atoms with Gasteiger partial charge in [-0.05, 0) is 64.2 Å². The fraction of sp³-hybridized carbons (Fsp3) is 0.593. The van der Waals surface area contributed by atoms with E-state index in [4.69, 9.17) is 4.74 Å². The van der Waals surface area contributed by atoms with Gasteiger partial charge in [-0.3, -0.25) is 9.79 Å². The van der Waals surface area contributed by atoms with Crippen LogP contribution in [0.5, 0.6) is 0 Å². The van der Waals surface area contributed by atoms with E-state index in [1.54, 1.807) is 19.4 Å². The number of unbranched alkanes of at least 4 members (excludes halogenated alkanes) is 2. The molecule has 2 rings (SSSR count). The minimum Gasteiger partial charge on any atom is -0.497 e. The summed E-state index contributed by atoms with van der Waals surface area (Å²) in [5, 5.41) is 0. The molecule has 1 heterocycles. The maximum atomic E-state index is 11.9. The molecule has 0 radical (unpaired) electrons. The van der Waals surface area contributed by atoms with Crippen molar-refractivity contribution in [3.05, 3.63) is 45.9 Å². The van der Waals surface area contributed by atoms with Gasteiger partial charge in [0.25, 0.3) is 5.56 Å². The monoisotopic (exact) mass is 441 g/mol. The van der Waals surface area contributed by atoms with E-state index in [2.05, 4.69) is 39.8 Å². The lowest BCUT2D eigenvalue weighted by atomic mass is 10.1. The summed E-state index contributed by atoms with van der Waals surface area (Å²) in [6, 6.07) is 0. The molecule has 5 heteroatoms. The predicted octanol–water partition coefficient (Wildman–Crippen LogP) is 7.16. The van der Waals surface area contributed by atoms with E-state index < -0.39 is 0 Å². The molecule has 0 amide bonds. The van der Waals surface area contributed by atoms with Crippen LogP contribution >= 0.6 is 0 Å². The summed E-state index contributed by atoms with van der Waals surface area (Å²) >= 11 is 0. The van der Waals surface area contributed by atoms with Gasteiger partial charge >= 0.3 is 0 Å². The first-order chi connectivity index (χ1) is 15.6. The van der Waals surface area contributed by atoms with Gasteiger partial charge in [0.2, 0.25) is 0 Å². The zero-order chi connectivity index (χ0) is 24.2. The van der Waals surface area contributed by atoms with E-state index in [1.807, 2.05) is 40.7 Å². The number of aryl methyl sites for hydroxylation is 1. The Labute approximate surface area is 195 Å². The molecule has 1 aliphatic rings. The number of H-pyrrole nitrogens is 1. The number of ether oxygens (including phenoxy) is 1. The first kappa shape index (κ1) is 29.4. The van der Waals surface area contributed by atoms with Crippen molar-refractivity contribution in [2.24, 2.45) is 4.99 Å². The Hall–Kier alpha value is -2.61. The molecule has 1 aromatic rings. The van der Waals surface area contributed by atoms with E-state index >= 15 is 0 Å². The second-order valence-corrected chi connectivity index (χ2v) is 7.27. The van der Waals surface area contributed by atoms with Crippen molar-refractivity contribution in [1.29, 1.82) is 0 Å². The van der Waals surface area contributed by atoms with Crippen molar-refractivity contribution < 1.29 is 4.74 Å². The van der Waals surface area contributed by atoms with Crippen LogP contribution < -0.4 is 5.56 Å². The molecule has 0 aromatic carbocycles. The lowest BCUT2D eigenvalue weighted by molar-refractivity contribution is 0.305. The number of nitrogens with one attached hydrogen (secondary N) is 1. The molecule has 5 nitrogen and oxygen atoms in total. The molecule has 32 heavy (non-hydrogen) atoms. The number of allylic oxidation sites excluding steroid dienone is 3. The second-order valence-electron chi connectivity index (χ2n) is 7.27. The topological polar surface area (TPSA) is 67.3 Å². The Balaban J connectivity index is 0.000000578. The van der Waals surface area contributed by atoms with Crippen LogP contribution in [0.1, 0.15) is 103 Å². The number of aromatic nitrogens is 2. The number of hydrogen-bond acceptors (Lipinski definition) is 4. The molecule has 1 saturated carbocycles. The molecular weight excluding hydrogens is 398 g/mol. The van der Waals surface area contributed by atoms with Crippen molar-refractivity contribution in [2.45, 2.75) is 98.8 Å². The van der Waals surface area contributed by atoms with Crippen LogP contribution in [0.25, 0.3) is 0 Å². The molecule has 1 fully saturated rings. The normalized spacial score (nSPS) is 13.8. The van der Waals surface area contributed by atoms with E-state index in [9.17, 15) is 4.79 Å². The van der Waals surface area contributed by atoms with Crippen LogP contribution in [-0.2, 0) is 4.74 Å². The highest BCUT2D eigenvalue weighted by Crippen LogP contribution is 2.32. The highest BCUT2D eigenvalue weighted by molar-refractivity contribution is 5.63. The first-order valence-corrected chi connectivity index (χ1v) is 12.0. The van der Waals surface area contributed by atoms with E-state index in [0.29, 0.717) is 11.6 Å². The number of methoxy groups -OCH3 is 1. The van der Waals surface area contributed by atoms with Gasteiger partial charge in [-0.2, -0.15) is 0 Å². The number of aromatic amines is 1. The molecule has 1 N–H and O–H groups in total. The minimum absolute atomic E-state index is 0.107. The third-order valence-corrected chi connectivity index (χ3v) is 4.85. The average Bonchev–Trinajstić information content (AvgIpc) is 3.34. The molecule has 0 saturated heterocycles. The van der Waals surface area contributed by atoms with Crippen molar-refractivity contribution in [2.75, 3.05) is 7.11 Å². The van der Waals surface area contributed by atoms with Crippen LogP contribution in [-0.4, -0.2) is 23.3 Å². The molecule has 178 valence electrons. The zero-order valence-corrected chi connectivity index (χ0v) is 21.3. The van der Waals surface area contributed by atoms with Crippen molar-refractivity contribution in [1.82, 2.24) is 9.97 Å². The summed E-state index contributed by atoms with van der Waals surface area (Å²) in [5.74, 6) is 7.83. The Morgan fingerprint density at radius 1 is 1.28 bits per heavy atom. The fourth-order valence-electron chi connectivity index (χ4n) is 3.20. The molecule has 0 atom stereocenters. The smallest absolute Gasteiger partial charge is 0.277 e. The van der Waals surface area contributed by atoms with Gasteiger partial charge in [-0.1, -0.05) is 52.9 Å². The lowest BCUT2D eigenvalue weighted by Crippen LogP contribution is -2.14. The highest BCUT2D eigenvalue weighted by atomic mass is 16.5. The standard InChI is InChI=1S/C13H19N3O.C12H18O.C2H6/c1-3-8-14-11-9(2)15-12(16-13(11)17)10-6-4-5-7-10;1-4-6-8-10-12(13-3)11-9-7-5-2;1-2/h8,10H,3-7H2,1-2H3,(H,15,16,17);9-11H,4,6,8H2,1-3H3;1-2H3/b;11-9-,12-10+;. The summed E-state index contributed by atoms with van der Waals surface area (Å²) in [5.41, 5.74) is 1.08. The largest absolute Gasteiger partial charge is 0.497 e. The summed E-state index contributed by atoms with van der Waals surface area (Å²) in [7, 11) is 1.68. The van der Waals surface area contributed by atoms with Gasteiger partial charge in [0.15, 0.2) is 0 Å². The first-order valence-electron chi connectivity index (χ1n) is 12.0. The predicted molar refractivity (Wildman–Crippen MR) is 138 cm³/mol. The van der Waals surface area contributed by atoms with Gasteiger partial charge in [0.05, 0.1) is 12.8 Å². The maximum Gasteiger partial charge on any atom is 0.277 e. The summed E-state index contributed by atoms with van der Waals surface area (Å²) < 4.78 is 5.15. The Morgan fingerprint density at radius 3 is 2.50 bits per heavy atom. The average molecular weight is 442 g/mol. The van der Waals surface area contributed by atoms with Gasteiger partial charge < -0.3 is 9.72 Å². The highest BCUT2D eigenvalue weighted by Gasteiger charge is 2.20. The van der Waals surface area contributed by atoms with Crippen LogP contribution in [0.3, 0.4) is 0 Å². The Morgan fingerprint density at radius 2 is 1.97 bits per heavy atom.